The first-order valence-electron chi connectivity index (χ1n) is 9.77. The molecule has 0 bridgehead atoms. The summed E-state index contributed by atoms with van der Waals surface area (Å²) in [5, 5.41) is 8.05. The molecule has 1 aromatic carbocycles. The van der Waals surface area contributed by atoms with Crippen molar-refractivity contribution in [1.29, 1.82) is 0 Å². The number of piperidine rings is 1. The van der Waals surface area contributed by atoms with Gasteiger partial charge in [0.1, 0.15) is 5.82 Å². The van der Waals surface area contributed by atoms with E-state index in [4.69, 9.17) is 5.10 Å². The first-order valence-corrected chi connectivity index (χ1v) is 9.77. The van der Waals surface area contributed by atoms with E-state index in [0.717, 1.165) is 35.7 Å². The fourth-order valence-electron chi connectivity index (χ4n) is 3.90. The Kier molecular flexibility index (Phi) is 4.47. The van der Waals surface area contributed by atoms with Crippen molar-refractivity contribution in [3.05, 3.63) is 41.6 Å². The van der Waals surface area contributed by atoms with Crippen molar-refractivity contribution < 1.29 is 4.79 Å². The molecule has 1 aromatic heterocycles. The summed E-state index contributed by atoms with van der Waals surface area (Å²) in [6, 6.07) is 10.3. The van der Waals surface area contributed by atoms with Crippen LogP contribution < -0.4 is 5.32 Å². The number of nitrogens with one attached hydrogen (secondary N) is 1. The number of rotatable bonds is 3. The first-order chi connectivity index (χ1) is 12.5. The fraction of sp³-hybridized carbons (Fsp3) is 0.524. The van der Waals surface area contributed by atoms with Gasteiger partial charge in [-0.3, -0.25) is 5.32 Å². The third-order valence-corrected chi connectivity index (χ3v) is 5.73. The maximum atomic E-state index is 13.0. The second-order valence-electron chi connectivity index (χ2n) is 7.99. The first kappa shape index (κ1) is 17.1. The molecular weight excluding hydrogens is 324 g/mol. The molecule has 2 aliphatic rings. The molecule has 2 atom stereocenters. The molecule has 1 aliphatic heterocycles. The van der Waals surface area contributed by atoms with Gasteiger partial charge in [0.2, 0.25) is 0 Å². The number of hydrogen-bond donors (Lipinski definition) is 1. The van der Waals surface area contributed by atoms with Crippen molar-refractivity contribution in [2.24, 2.45) is 5.92 Å². The zero-order valence-electron chi connectivity index (χ0n) is 15.9. The molecule has 2 aromatic rings. The van der Waals surface area contributed by atoms with Gasteiger partial charge in [-0.05, 0) is 57.6 Å². The molecular formula is C21H28N4O. The summed E-state index contributed by atoms with van der Waals surface area (Å²) in [4.78, 5) is 15.0. The molecule has 5 nitrogen and oxygen atoms in total. The molecule has 2 fully saturated rings. The van der Waals surface area contributed by atoms with Gasteiger partial charge in [0.05, 0.1) is 11.4 Å². The van der Waals surface area contributed by atoms with Crippen LogP contribution in [0.15, 0.2) is 30.3 Å². The van der Waals surface area contributed by atoms with Crippen molar-refractivity contribution in [1.82, 2.24) is 14.7 Å². The summed E-state index contributed by atoms with van der Waals surface area (Å²) in [6.45, 7) is 7.26. The summed E-state index contributed by atoms with van der Waals surface area (Å²) in [5.41, 5.74) is 3.21. The van der Waals surface area contributed by atoms with Crippen LogP contribution in [0.3, 0.4) is 0 Å². The van der Waals surface area contributed by atoms with Crippen molar-refractivity contribution >= 4 is 11.8 Å². The van der Waals surface area contributed by atoms with Gasteiger partial charge in [0.15, 0.2) is 0 Å². The maximum Gasteiger partial charge on any atom is 0.323 e. The Morgan fingerprint density at radius 2 is 1.85 bits per heavy atom. The highest BCUT2D eigenvalue weighted by atomic mass is 16.2. The van der Waals surface area contributed by atoms with Gasteiger partial charge in [-0.25, -0.2) is 9.48 Å². The monoisotopic (exact) mass is 352 g/mol. The summed E-state index contributed by atoms with van der Waals surface area (Å²) < 4.78 is 1.90. The highest BCUT2D eigenvalue weighted by Gasteiger charge is 2.32. The molecule has 5 heteroatoms. The third-order valence-electron chi connectivity index (χ3n) is 5.73. The highest BCUT2D eigenvalue weighted by molar-refractivity contribution is 5.90. The van der Waals surface area contributed by atoms with Gasteiger partial charge in [-0.15, -0.1) is 0 Å². The maximum absolute atomic E-state index is 13.0. The normalized spacial score (nSPS) is 23.1. The number of amides is 2. The van der Waals surface area contributed by atoms with E-state index in [9.17, 15) is 4.79 Å². The lowest BCUT2D eigenvalue weighted by atomic mass is 9.95. The smallest absolute Gasteiger partial charge is 0.322 e. The molecule has 0 unspecified atom stereocenters. The molecule has 2 amide bonds. The molecule has 4 rings (SSSR count). The second kappa shape index (κ2) is 6.78. The standard InChI is InChI=1S/C21H28N4O/c1-14-9-10-15(2)24(13-14)21(26)22-20-16(3)19(17-11-12-17)23-25(20)18-7-5-4-6-8-18/h4-8,14-15,17H,9-13H2,1-3H3,(H,22,26)/t14-,15-/m0/s1. The van der Waals surface area contributed by atoms with Crippen LogP contribution in [0.2, 0.25) is 0 Å². The number of urea groups is 1. The summed E-state index contributed by atoms with van der Waals surface area (Å²) in [6.07, 6.45) is 4.65. The van der Waals surface area contributed by atoms with E-state index in [2.05, 4.69) is 26.1 Å². The lowest BCUT2D eigenvalue weighted by Crippen LogP contribution is -2.47. The second-order valence-corrected chi connectivity index (χ2v) is 7.99. The topological polar surface area (TPSA) is 50.2 Å². The van der Waals surface area contributed by atoms with Crippen LogP contribution in [0.5, 0.6) is 0 Å². The molecule has 26 heavy (non-hydrogen) atoms. The lowest BCUT2D eigenvalue weighted by Gasteiger charge is -2.36. The minimum atomic E-state index is -0.00780. The summed E-state index contributed by atoms with van der Waals surface area (Å²) >= 11 is 0. The predicted molar refractivity (Wildman–Crippen MR) is 104 cm³/mol. The number of carbonyl (C=O) groups is 1. The van der Waals surface area contributed by atoms with Crippen molar-refractivity contribution in [2.75, 3.05) is 11.9 Å². The quantitative estimate of drug-likeness (QED) is 0.869. The Hall–Kier alpha value is -2.30. The predicted octanol–water partition coefficient (Wildman–Crippen LogP) is 4.71. The van der Waals surface area contributed by atoms with Gasteiger partial charge in [-0.1, -0.05) is 25.1 Å². The fourth-order valence-corrected chi connectivity index (χ4v) is 3.90. The molecule has 1 saturated heterocycles. The van der Waals surface area contributed by atoms with E-state index in [1.165, 1.54) is 19.3 Å². The molecule has 0 radical (unpaired) electrons. The van der Waals surface area contributed by atoms with E-state index in [0.29, 0.717) is 11.8 Å². The minimum absolute atomic E-state index is 0.00780. The molecule has 138 valence electrons. The van der Waals surface area contributed by atoms with Gasteiger partial charge in [-0.2, -0.15) is 5.10 Å². The Bertz CT molecular complexity index is 794. The summed E-state index contributed by atoms with van der Waals surface area (Å²) in [5.74, 6) is 1.91. The Balaban J connectivity index is 1.65. The van der Waals surface area contributed by atoms with Crippen LogP contribution in [0.4, 0.5) is 10.6 Å². The van der Waals surface area contributed by atoms with Crippen LogP contribution in [0, 0.1) is 12.8 Å². The molecule has 1 saturated carbocycles. The highest BCUT2D eigenvalue weighted by Crippen LogP contribution is 2.43. The van der Waals surface area contributed by atoms with E-state index in [1.807, 2.05) is 39.9 Å². The average molecular weight is 352 g/mol. The zero-order chi connectivity index (χ0) is 18.3. The number of anilines is 1. The van der Waals surface area contributed by atoms with Gasteiger partial charge < -0.3 is 4.90 Å². The Morgan fingerprint density at radius 3 is 2.54 bits per heavy atom. The van der Waals surface area contributed by atoms with E-state index >= 15 is 0 Å². The number of carbonyl (C=O) groups excluding carboxylic acids is 1. The van der Waals surface area contributed by atoms with E-state index < -0.39 is 0 Å². The number of aromatic nitrogens is 2. The van der Waals surface area contributed by atoms with Crippen LogP contribution in [0.25, 0.3) is 5.69 Å². The SMILES string of the molecule is Cc1c(C2CC2)nn(-c2ccccc2)c1NC(=O)N1C[C@@H](C)CC[C@@H]1C. The number of nitrogens with zero attached hydrogens (tertiary/aromatic N) is 3. The molecule has 2 heterocycles. The largest absolute Gasteiger partial charge is 0.323 e. The van der Waals surface area contributed by atoms with Crippen LogP contribution in [-0.2, 0) is 0 Å². The van der Waals surface area contributed by atoms with Crippen molar-refractivity contribution in [3.63, 3.8) is 0 Å². The van der Waals surface area contributed by atoms with Crippen molar-refractivity contribution in [3.8, 4) is 5.69 Å². The number of para-hydroxylation sites is 1. The Morgan fingerprint density at radius 1 is 1.12 bits per heavy atom. The Labute approximate surface area is 155 Å². The van der Waals surface area contributed by atoms with Crippen LogP contribution in [-0.4, -0.2) is 33.3 Å². The average Bonchev–Trinajstić information content (AvgIpc) is 3.43. The van der Waals surface area contributed by atoms with Crippen molar-refractivity contribution in [2.45, 2.75) is 58.4 Å². The van der Waals surface area contributed by atoms with E-state index in [-0.39, 0.29) is 12.1 Å². The number of likely N-dealkylation sites (tertiary alicyclic amines) is 1. The molecule has 1 N–H and O–H groups in total. The molecule has 1 aliphatic carbocycles. The zero-order valence-corrected chi connectivity index (χ0v) is 15.9. The van der Waals surface area contributed by atoms with Gasteiger partial charge in [0, 0.05) is 24.1 Å². The van der Waals surface area contributed by atoms with Gasteiger partial charge in [0.25, 0.3) is 0 Å². The van der Waals surface area contributed by atoms with Crippen LogP contribution in [0.1, 0.15) is 56.7 Å². The van der Waals surface area contributed by atoms with Crippen LogP contribution >= 0.6 is 0 Å². The van der Waals surface area contributed by atoms with E-state index in [1.54, 1.807) is 0 Å². The third kappa shape index (κ3) is 3.22. The lowest BCUT2D eigenvalue weighted by molar-refractivity contribution is 0.147. The molecule has 0 spiro atoms. The van der Waals surface area contributed by atoms with Gasteiger partial charge >= 0.3 is 6.03 Å². The number of benzene rings is 1. The minimum Gasteiger partial charge on any atom is -0.322 e. The summed E-state index contributed by atoms with van der Waals surface area (Å²) in [7, 11) is 0. The number of hydrogen-bond acceptors (Lipinski definition) is 2.